The van der Waals surface area contributed by atoms with E-state index in [9.17, 15) is 13.2 Å². The molecular weight excluding hydrogens is 382 g/mol. The maximum atomic E-state index is 12.2. The second kappa shape index (κ2) is 8.39. The van der Waals surface area contributed by atoms with Crippen LogP contribution in [0.1, 0.15) is 0 Å². The van der Waals surface area contributed by atoms with Crippen molar-refractivity contribution in [3.63, 3.8) is 0 Å². The lowest BCUT2D eigenvalue weighted by molar-refractivity contribution is 0.140. The summed E-state index contributed by atoms with van der Waals surface area (Å²) in [5, 5.41) is 4.47. The number of hydrogen-bond acceptors (Lipinski definition) is 6. The van der Waals surface area contributed by atoms with E-state index in [0.717, 1.165) is 11.3 Å². The Morgan fingerprint density at radius 3 is 2.46 bits per heavy atom. The van der Waals surface area contributed by atoms with Crippen molar-refractivity contribution in [2.75, 3.05) is 47.4 Å². The summed E-state index contributed by atoms with van der Waals surface area (Å²) in [7, 11) is 1.24. The van der Waals surface area contributed by atoms with E-state index in [-0.39, 0.29) is 5.56 Å². The highest BCUT2D eigenvalue weighted by Crippen LogP contribution is 2.21. The van der Waals surface area contributed by atoms with Crippen LogP contribution in [-0.2, 0) is 16.9 Å². The average Bonchev–Trinajstić information content (AvgIpc) is 2.70. The van der Waals surface area contributed by atoms with Crippen LogP contribution in [0.15, 0.2) is 41.2 Å². The van der Waals surface area contributed by atoms with Crippen LogP contribution in [0, 0.1) is 0 Å². The summed E-state index contributed by atoms with van der Waals surface area (Å²) < 4.78 is 33.7. The second-order valence-corrected chi connectivity index (χ2v) is 8.88. The summed E-state index contributed by atoms with van der Waals surface area (Å²) in [5.41, 5.74) is 1.33. The molecule has 1 aliphatic rings. The Bertz CT molecular complexity index is 981. The molecule has 1 aromatic carbocycles. The van der Waals surface area contributed by atoms with Crippen LogP contribution in [0.5, 0.6) is 5.75 Å². The summed E-state index contributed by atoms with van der Waals surface area (Å²) in [6.45, 7) is 2.14. The Balaban J connectivity index is 1.72. The van der Waals surface area contributed by atoms with Crippen LogP contribution in [0.2, 0.25) is 0 Å². The van der Waals surface area contributed by atoms with Gasteiger partial charge in [0, 0.05) is 51.9 Å². The fourth-order valence-corrected chi connectivity index (χ4v) is 4.10. The lowest BCUT2D eigenvalue weighted by Crippen LogP contribution is -2.52. The molecule has 0 radical (unpaired) electrons. The van der Waals surface area contributed by atoms with E-state index in [1.165, 1.54) is 33.5 Å². The molecule has 9 nitrogen and oxygen atoms in total. The summed E-state index contributed by atoms with van der Waals surface area (Å²) in [4.78, 5) is 14.3. The fraction of sp³-hybridized carbons (Fsp3) is 0.444. The highest BCUT2D eigenvalue weighted by atomic mass is 32.2. The number of piperazine rings is 1. The van der Waals surface area contributed by atoms with Gasteiger partial charge in [-0.25, -0.2) is 4.68 Å². The SMILES string of the molecule is COc1cccc(-c2ccc(=O)n(CN3CCN(S(=O)(=O)N(C)C)CC3)n2)c1. The van der Waals surface area contributed by atoms with Crippen LogP contribution in [-0.4, -0.2) is 79.1 Å². The molecule has 0 spiro atoms. The third-order valence-corrected chi connectivity index (χ3v) is 6.63. The van der Waals surface area contributed by atoms with E-state index >= 15 is 0 Å². The molecule has 152 valence electrons. The van der Waals surface area contributed by atoms with E-state index < -0.39 is 10.2 Å². The molecule has 1 fully saturated rings. The van der Waals surface area contributed by atoms with Crippen molar-refractivity contribution in [2.45, 2.75) is 6.67 Å². The Labute approximate surface area is 164 Å². The topological polar surface area (TPSA) is 88.0 Å². The first-order valence-electron chi connectivity index (χ1n) is 8.94. The van der Waals surface area contributed by atoms with Crippen molar-refractivity contribution < 1.29 is 13.2 Å². The highest BCUT2D eigenvalue weighted by molar-refractivity contribution is 7.86. The predicted molar refractivity (Wildman–Crippen MR) is 106 cm³/mol. The number of ether oxygens (including phenoxy) is 1. The van der Waals surface area contributed by atoms with Crippen molar-refractivity contribution in [3.05, 3.63) is 46.8 Å². The number of nitrogens with zero attached hydrogens (tertiary/aromatic N) is 5. The molecule has 1 aromatic heterocycles. The monoisotopic (exact) mass is 407 g/mol. The standard InChI is InChI=1S/C18H25N5O4S/c1-20(2)28(25,26)22-11-9-21(10-12-22)14-23-18(24)8-7-17(19-23)15-5-4-6-16(13-15)27-3/h4-8,13H,9-12,14H2,1-3H3. The molecule has 28 heavy (non-hydrogen) atoms. The molecule has 2 aromatic rings. The molecule has 0 atom stereocenters. The third kappa shape index (κ3) is 4.41. The van der Waals surface area contributed by atoms with Crippen LogP contribution in [0.4, 0.5) is 0 Å². The first-order chi connectivity index (χ1) is 13.3. The van der Waals surface area contributed by atoms with Gasteiger partial charge >= 0.3 is 0 Å². The van der Waals surface area contributed by atoms with E-state index in [1.54, 1.807) is 13.2 Å². The van der Waals surface area contributed by atoms with Crippen LogP contribution in [0.25, 0.3) is 11.3 Å². The van der Waals surface area contributed by atoms with Gasteiger partial charge in [-0.15, -0.1) is 0 Å². The predicted octanol–water partition coefficient (Wildman–Crippen LogP) is 0.300. The zero-order valence-electron chi connectivity index (χ0n) is 16.3. The Kier molecular flexibility index (Phi) is 6.14. The molecule has 0 unspecified atom stereocenters. The molecule has 3 rings (SSSR count). The minimum atomic E-state index is -3.41. The molecule has 10 heteroatoms. The van der Waals surface area contributed by atoms with Gasteiger partial charge in [-0.1, -0.05) is 12.1 Å². The number of hydrogen-bond donors (Lipinski definition) is 0. The quantitative estimate of drug-likeness (QED) is 0.685. The molecule has 2 heterocycles. The third-order valence-electron chi connectivity index (χ3n) is 4.69. The first kappa shape index (κ1) is 20.5. The normalized spacial score (nSPS) is 16.4. The Hall–Kier alpha value is -2.27. The summed E-state index contributed by atoms with van der Waals surface area (Å²) in [5.74, 6) is 0.718. The smallest absolute Gasteiger partial charge is 0.281 e. The largest absolute Gasteiger partial charge is 0.497 e. The van der Waals surface area contributed by atoms with Gasteiger partial charge in [0.2, 0.25) is 0 Å². The maximum absolute atomic E-state index is 12.2. The molecule has 0 bridgehead atoms. The first-order valence-corrected chi connectivity index (χ1v) is 10.3. The molecule has 0 aliphatic carbocycles. The van der Waals surface area contributed by atoms with E-state index in [1.807, 2.05) is 29.2 Å². The molecule has 0 amide bonds. The van der Waals surface area contributed by atoms with Crippen LogP contribution in [0.3, 0.4) is 0 Å². The van der Waals surface area contributed by atoms with Gasteiger partial charge in [0.1, 0.15) is 5.75 Å². The summed E-state index contributed by atoms with van der Waals surface area (Å²) in [6.07, 6.45) is 0. The van der Waals surface area contributed by atoms with Crippen molar-refractivity contribution in [1.29, 1.82) is 0 Å². The number of benzene rings is 1. The lowest BCUT2D eigenvalue weighted by atomic mass is 10.1. The van der Waals surface area contributed by atoms with E-state index in [2.05, 4.69) is 5.10 Å². The van der Waals surface area contributed by atoms with Gasteiger partial charge in [-0.05, 0) is 18.2 Å². The Morgan fingerprint density at radius 1 is 1.11 bits per heavy atom. The number of rotatable bonds is 6. The lowest BCUT2D eigenvalue weighted by Gasteiger charge is -2.34. The average molecular weight is 407 g/mol. The maximum Gasteiger partial charge on any atom is 0.281 e. The number of methoxy groups -OCH3 is 1. The van der Waals surface area contributed by atoms with Crippen molar-refractivity contribution in [2.24, 2.45) is 0 Å². The van der Waals surface area contributed by atoms with Crippen molar-refractivity contribution >= 4 is 10.2 Å². The van der Waals surface area contributed by atoms with Crippen molar-refractivity contribution in [3.8, 4) is 17.0 Å². The van der Waals surface area contributed by atoms with Crippen LogP contribution >= 0.6 is 0 Å². The minimum Gasteiger partial charge on any atom is -0.497 e. The molecule has 1 aliphatic heterocycles. The zero-order chi connectivity index (χ0) is 20.3. The van der Waals surface area contributed by atoms with Gasteiger partial charge in [-0.3, -0.25) is 9.69 Å². The van der Waals surface area contributed by atoms with Gasteiger partial charge in [0.15, 0.2) is 0 Å². The summed E-state index contributed by atoms with van der Waals surface area (Å²) >= 11 is 0. The van der Waals surface area contributed by atoms with E-state index in [0.29, 0.717) is 38.5 Å². The van der Waals surface area contributed by atoms with E-state index in [4.69, 9.17) is 4.74 Å². The van der Waals surface area contributed by atoms with Gasteiger partial charge in [0.25, 0.3) is 15.8 Å². The molecular formula is C18H25N5O4S. The van der Waals surface area contributed by atoms with Gasteiger partial charge < -0.3 is 4.74 Å². The fourth-order valence-electron chi connectivity index (χ4n) is 3.01. The van der Waals surface area contributed by atoms with Gasteiger partial charge in [-0.2, -0.15) is 22.1 Å². The highest BCUT2D eigenvalue weighted by Gasteiger charge is 2.28. The zero-order valence-corrected chi connectivity index (χ0v) is 17.1. The molecule has 0 N–H and O–H groups in total. The molecule has 1 saturated heterocycles. The summed E-state index contributed by atoms with van der Waals surface area (Å²) in [6, 6.07) is 10.7. The molecule has 0 saturated carbocycles. The minimum absolute atomic E-state index is 0.199. The Morgan fingerprint density at radius 2 is 1.82 bits per heavy atom. The van der Waals surface area contributed by atoms with Crippen molar-refractivity contribution in [1.82, 2.24) is 23.3 Å². The van der Waals surface area contributed by atoms with Gasteiger partial charge in [0.05, 0.1) is 19.5 Å². The number of aromatic nitrogens is 2. The van der Waals surface area contributed by atoms with Crippen LogP contribution < -0.4 is 10.3 Å². The second-order valence-electron chi connectivity index (χ2n) is 6.74.